The van der Waals surface area contributed by atoms with Crippen LogP contribution in [0, 0.1) is 3.70 Å². The number of rotatable bonds is 3. The van der Waals surface area contributed by atoms with Gasteiger partial charge in [-0.3, -0.25) is 4.79 Å². The van der Waals surface area contributed by atoms with Crippen LogP contribution in [-0.4, -0.2) is 18.1 Å². The van der Waals surface area contributed by atoms with Gasteiger partial charge in [0.05, 0.1) is 19.2 Å². The van der Waals surface area contributed by atoms with Crippen molar-refractivity contribution in [3.05, 3.63) is 21.0 Å². The average molecular weight is 342 g/mol. The van der Waals surface area contributed by atoms with Crippen molar-refractivity contribution >= 4 is 34.2 Å². The Morgan fingerprint density at radius 3 is 2.81 bits per heavy atom. The second-order valence-corrected chi connectivity index (χ2v) is 3.99. The van der Waals surface area contributed by atoms with Crippen LogP contribution in [0.4, 0.5) is 14.5 Å². The first-order valence-electron chi connectivity index (χ1n) is 4.25. The molecule has 0 saturated heterocycles. The molecule has 0 spiro atoms. The van der Waals surface area contributed by atoms with Crippen LogP contribution < -0.4 is 5.73 Å². The number of esters is 1. The summed E-state index contributed by atoms with van der Waals surface area (Å²) in [5, 5.41) is 0. The van der Waals surface area contributed by atoms with Gasteiger partial charge in [0.15, 0.2) is 0 Å². The number of hydrogen-bond acceptors (Lipinski definition) is 4. The summed E-state index contributed by atoms with van der Waals surface area (Å²) < 4.78 is 29.7. The fourth-order valence-corrected chi connectivity index (χ4v) is 1.70. The molecule has 1 aromatic rings. The lowest BCUT2D eigenvalue weighted by molar-refractivity contribution is -0.139. The number of anilines is 1. The van der Waals surface area contributed by atoms with Crippen LogP contribution in [0.15, 0.2) is 6.07 Å². The Kier molecular flexibility index (Phi) is 4.39. The van der Waals surface area contributed by atoms with E-state index >= 15 is 0 Å². The number of ether oxygens (including phenoxy) is 1. The Hall–Kier alpha value is -0.990. The lowest BCUT2D eigenvalue weighted by Crippen LogP contribution is -2.09. The third-order valence-electron chi connectivity index (χ3n) is 1.88. The van der Waals surface area contributed by atoms with Crippen molar-refractivity contribution in [1.82, 2.24) is 4.98 Å². The summed E-state index contributed by atoms with van der Waals surface area (Å²) in [4.78, 5) is 14.7. The Bertz CT molecular complexity index is 413. The molecule has 0 unspecified atom stereocenters. The maximum Gasteiger partial charge on any atom is 0.310 e. The van der Waals surface area contributed by atoms with Crippen molar-refractivity contribution < 1.29 is 18.3 Å². The summed E-state index contributed by atoms with van der Waals surface area (Å²) in [5.74, 6) is -0.469. The maximum atomic E-state index is 12.4. The quantitative estimate of drug-likeness (QED) is 0.518. The summed E-state index contributed by atoms with van der Waals surface area (Å²) >= 11 is 1.78. The summed E-state index contributed by atoms with van der Waals surface area (Å²) in [6, 6.07) is 1.33. The molecular weight excluding hydrogens is 333 g/mol. The number of nitrogens with two attached hydrogens (primary N) is 1. The molecule has 0 aromatic carbocycles. The molecule has 0 bridgehead atoms. The lowest BCUT2D eigenvalue weighted by Gasteiger charge is -2.08. The van der Waals surface area contributed by atoms with Crippen molar-refractivity contribution in [2.75, 3.05) is 12.8 Å². The van der Waals surface area contributed by atoms with Crippen molar-refractivity contribution in [3.8, 4) is 0 Å². The van der Waals surface area contributed by atoms with Gasteiger partial charge in [-0.2, -0.15) is 0 Å². The molecule has 88 valence electrons. The highest BCUT2D eigenvalue weighted by molar-refractivity contribution is 14.1. The van der Waals surface area contributed by atoms with E-state index in [9.17, 15) is 13.6 Å². The van der Waals surface area contributed by atoms with Crippen LogP contribution in [-0.2, 0) is 16.0 Å². The highest BCUT2D eigenvalue weighted by atomic mass is 127. The second kappa shape index (κ2) is 5.37. The molecular formula is C9H9F2IN2O2. The summed E-state index contributed by atoms with van der Waals surface area (Å²) in [7, 11) is 1.25. The summed E-state index contributed by atoms with van der Waals surface area (Å²) in [6.07, 6.45) is -2.75. The Balaban J connectivity index is 3.05. The van der Waals surface area contributed by atoms with Gasteiger partial charge in [-0.15, -0.1) is 0 Å². The van der Waals surface area contributed by atoms with Crippen LogP contribution in [0.5, 0.6) is 0 Å². The number of nitrogens with zero attached hydrogens (tertiary/aromatic N) is 1. The predicted molar refractivity (Wildman–Crippen MR) is 62.0 cm³/mol. The van der Waals surface area contributed by atoms with E-state index in [4.69, 9.17) is 5.73 Å². The summed E-state index contributed by atoms with van der Waals surface area (Å²) in [5.41, 5.74) is 5.31. The minimum atomic E-state index is -2.72. The topological polar surface area (TPSA) is 65.2 Å². The van der Waals surface area contributed by atoms with Crippen LogP contribution >= 0.6 is 22.6 Å². The van der Waals surface area contributed by atoms with Crippen LogP contribution in [0.1, 0.15) is 17.7 Å². The fraction of sp³-hybridized carbons (Fsp3) is 0.333. The third-order valence-corrected chi connectivity index (χ3v) is 2.81. The van der Waals surface area contributed by atoms with Gasteiger partial charge >= 0.3 is 5.97 Å². The van der Waals surface area contributed by atoms with Gasteiger partial charge in [-0.05, 0) is 34.2 Å². The Morgan fingerprint density at radius 1 is 1.69 bits per heavy atom. The van der Waals surface area contributed by atoms with Crippen molar-refractivity contribution in [1.29, 1.82) is 0 Å². The Labute approximate surface area is 104 Å². The molecule has 1 rings (SSSR count). The normalized spacial score (nSPS) is 10.6. The first kappa shape index (κ1) is 13.1. The molecule has 16 heavy (non-hydrogen) atoms. The molecule has 0 radical (unpaired) electrons. The number of alkyl halides is 2. The molecule has 0 aliphatic rings. The molecule has 0 fully saturated rings. The van der Waals surface area contributed by atoms with Gasteiger partial charge in [0, 0.05) is 0 Å². The van der Waals surface area contributed by atoms with Crippen LogP contribution in [0.3, 0.4) is 0 Å². The van der Waals surface area contributed by atoms with E-state index in [0.717, 1.165) is 0 Å². The molecule has 0 aliphatic heterocycles. The minimum Gasteiger partial charge on any atom is -0.469 e. The van der Waals surface area contributed by atoms with Gasteiger partial charge in [-0.25, -0.2) is 13.8 Å². The van der Waals surface area contributed by atoms with E-state index in [1.54, 1.807) is 22.6 Å². The van der Waals surface area contributed by atoms with Gasteiger partial charge < -0.3 is 10.5 Å². The maximum absolute atomic E-state index is 12.4. The predicted octanol–water partition coefficient (Wildman–Crippen LogP) is 1.92. The molecule has 0 aliphatic carbocycles. The molecule has 0 amide bonds. The van der Waals surface area contributed by atoms with Gasteiger partial charge in [-0.1, -0.05) is 0 Å². The lowest BCUT2D eigenvalue weighted by atomic mass is 10.1. The van der Waals surface area contributed by atoms with E-state index in [0.29, 0.717) is 9.26 Å². The number of nitrogen functional groups attached to an aromatic ring is 1. The second-order valence-electron chi connectivity index (χ2n) is 2.97. The highest BCUT2D eigenvalue weighted by Crippen LogP contribution is 2.26. The molecule has 7 heteroatoms. The van der Waals surface area contributed by atoms with E-state index in [2.05, 4.69) is 9.72 Å². The highest BCUT2D eigenvalue weighted by Gasteiger charge is 2.17. The number of carbonyl (C=O) groups is 1. The summed E-state index contributed by atoms with van der Waals surface area (Å²) in [6.45, 7) is 0. The Morgan fingerprint density at radius 2 is 2.31 bits per heavy atom. The zero-order valence-corrected chi connectivity index (χ0v) is 10.5. The monoisotopic (exact) mass is 342 g/mol. The van der Waals surface area contributed by atoms with E-state index in [1.807, 2.05) is 0 Å². The number of hydrogen-bond donors (Lipinski definition) is 1. The van der Waals surface area contributed by atoms with Gasteiger partial charge in [0.2, 0.25) is 0 Å². The SMILES string of the molecule is COC(=O)Cc1cc(N)c(C(F)F)nc1I. The first-order chi connectivity index (χ1) is 7.45. The number of halogens is 3. The van der Waals surface area contributed by atoms with E-state index < -0.39 is 18.1 Å². The number of carbonyl (C=O) groups excluding carboxylic acids is 1. The first-order valence-corrected chi connectivity index (χ1v) is 5.33. The smallest absolute Gasteiger partial charge is 0.310 e. The number of pyridine rings is 1. The van der Waals surface area contributed by atoms with Crippen LogP contribution in [0.25, 0.3) is 0 Å². The van der Waals surface area contributed by atoms with Gasteiger partial charge in [0.25, 0.3) is 6.43 Å². The van der Waals surface area contributed by atoms with Crippen molar-refractivity contribution in [2.45, 2.75) is 12.8 Å². The minimum absolute atomic E-state index is 0.0323. The van der Waals surface area contributed by atoms with E-state index in [-0.39, 0.29) is 12.1 Å². The fourth-order valence-electron chi connectivity index (χ4n) is 1.09. The average Bonchev–Trinajstić information content (AvgIpc) is 2.22. The van der Waals surface area contributed by atoms with Crippen molar-refractivity contribution in [2.24, 2.45) is 0 Å². The van der Waals surface area contributed by atoms with Crippen molar-refractivity contribution in [3.63, 3.8) is 0 Å². The van der Waals surface area contributed by atoms with Crippen LogP contribution in [0.2, 0.25) is 0 Å². The largest absolute Gasteiger partial charge is 0.469 e. The molecule has 1 aromatic heterocycles. The number of aromatic nitrogens is 1. The van der Waals surface area contributed by atoms with E-state index in [1.165, 1.54) is 13.2 Å². The number of methoxy groups -OCH3 is 1. The third kappa shape index (κ3) is 3.00. The standard InChI is InChI=1S/C9H9F2IN2O2/c1-16-6(15)3-4-2-5(13)7(8(10)11)14-9(4)12/h2,8H,3,13H2,1H3. The zero-order chi connectivity index (χ0) is 12.3. The molecule has 1 heterocycles. The zero-order valence-electron chi connectivity index (χ0n) is 8.34. The molecule has 0 saturated carbocycles. The molecule has 4 nitrogen and oxygen atoms in total. The molecule has 0 atom stereocenters. The van der Waals surface area contributed by atoms with Gasteiger partial charge in [0.1, 0.15) is 9.39 Å². The molecule has 2 N–H and O–H groups in total.